The molecule has 0 fully saturated rings. The van der Waals surface area contributed by atoms with Crippen molar-refractivity contribution in [2.24, 2.45) is 4.99 Å². The molecule has 0 spiro atoms. The van der Waals surface area contributed by atoms with Crippen LogP contribution in [0.15, 0.2) is 17.1 Å². The normalized spacial score (nSPS) is 10.8. The summed E-state index contributed by atoms with van der Waals surface area (Å²) in [5, 5.41) is 4.26. The van der Waals surface area contributed by atoms with E-state index in [1.165, 1.54) is 6.34 Å². The molecule has 70 valence electrons. The van der Waals surface area contributed by atoms with Crippen LogP contribution in [0.5, 0.6) is 0 Å². The predicted octanol–water partition coefficient (Wildman–Crippen LogP) is 3.72. The van der Waals surface area contributed by atoms with Crippen LogP contribution in [0, 0.1) is 0 Å². The van der Waals surface area contributed by atoms with Gasteiger partial charge in [-0.3, -0.25) is 4.99 Å². The molecule has 0 atom stereocenters. The Labute approximate surface area is 91.5 Å². The summed E-state index contributed by atoms with van der Waals surface area (Å²) in [5.74, 6) is 0. The molecule has 1 N–H and O–H groups in total. The highest BCUT2D eigenvalue weighted by Gasteiger charge is 2.03. The van der Waals surface area contributed by atoms with E-state index in [1.807, 2.05) is 0 Å². The molecule has 0 unspecified atom stereocenters. The second kappa shape index (κ2) is 4.70. The van der Waals surface area contributed by atoms with Crippen LogP contribution in [-0.2, 0) is 0 Å². The lowest BCUT2D eigenvalue weighted by molar-refractivity contribution is 1.46. The van der Waals surface area contributed by atoms with Crippen molar-refractivity contribution in [2.45, 2.75) is 0 Å². The van der Waals surface area contributed by atoms with Crippen LogP contribution >= 0.6 is 34.8 Å². The fraction of sp³-hybridized carbons (Fsp3) is 0.125. The number of hydrogen-bond acceptors (Lipinski definition) is 1. The van der Waals surface area contributed by atoms with E-state index in [0.717, 1.165) is 0 Å². The molecular formula is C8H7Cl3N2. The van der Waals surface area contributed by atoms with Crippen molar-refractivity contribution in [1.82, 2.24) is 0 Å². The van der Waals surface area contributed by atoms with Crippen LogP contribution in [0.25, 0.3) is 0 Å². The molecule has 0 heterocycles. The summed E-state index contributed by atoms with van der Waals surface area (Å²) in [6.45, 7) is 0. The Morgan fingerprint density at radius 3 is 2.38 bits per heavy atom. The molecule has 0 aliphatic carbocycles. The van der Waals surface area contributed by atoms with E-state index in [9.17, 15) is 0 Å². The summed E-state index contributed by atoms with van der Waals surface area (Å²) in [6, 6.07) is 3.23. The molecule has 13 heavy (non-hydrogen) atoms. The third-order valence-electron chi connectivity index (χ3n) is 1.36. The molecule has 0 saturated carbocycles. The van der Waals surface area contributed by atoms with Crippen LogP contribution < -0.4 is 5.32 Å². The minimum atomic E-state index is 0.436. The molecule has 0 radical (unpaired) electrons. The van der Waals surface area contributed by atoms with E-state index >= 15 is 0 Å². The summed E-state index contributed by atoms with van der Waals surface area (Å²) in [5.41, 5.74) is 0.682. The first-order valence-electron chi connectivity index (χ1n) is 3.47. The fourth-order valence-electron chi connectivity index (χ4n) is 0.767. The molecule has 0 bridgehead atoms. The van der Waals surface area contributed by atoms with Gasteiger partial charge in [0.1, 0.15) is 0 Å². The maximum Gasteiger partial charge on any atom is 0.0864 e. The van der Waals surface area contributed by atoms with E-state index in [1.54, 1.807) is 19.2 Å². The molecule has 1 rings (SSSR count). The lowest BCUT2D eigenvalue weighted by atomic mass is 10.3. The summed E-state index contributed by atoms with van der Waals surface area (Å²) in [7, 11) is 1.65. The van der Waals surface area contributed by atoms with Gasteiger partial charge in [-0.1, -0.05) is 34.8 Å². The average molecular weight is 238 g/mol. The van der Waals surface area contributed by atoms with Crippen molar-refractivity contribution in [1.29, 1.82) is 0 Å². The molecule has 2 nitrogen and oxygen atoms in total. The minimum absolute atomic E-state index is 0.436. The summed E-state index contributed by atoms with van der Waals surface area (Å²) in [6.07, 6.45) is 1.52. The van der Waals surface area contributed by atoms with Crippen molar-refractivity contribution in [3.8, 4) is 0 Å². The van der Waals surface area contributed by atoms with Crippen molar-refractivity contribution in [3.63, 3.8) is 0 Å². The number of aliphatic imine (C=N–C) groups is 1. The number of anilines is 1. The lowest BCUT2D eigenvalue weighted by Gasteiger charge is -2.04. The Bertz CT molecular complexity index is 336. The number of hydrogen-bond donors (Lipinski definition) is 1. The van der Waals surface area contributed by atoms with Crippen molar-refractivity contribution >= 4 is 46.8 Å². The van der Waals surface area contributed by atoms with Gasteiger partial charge in [-0.15, -0.1) is 0 Å². The first-order valence-corrected chi connectivity index (χ1v) is 4.60. The minimum Gasteiger partial charge on any atom is -0.345 e. The number of benzene rings is 1. The number of nitrogens with one attached hydrogen (secondary N) is 1. The molecule has 1 aromatic rings. The molecule has 0 aromatic heterocycles. The Morgan fingerprint density at radius 2 is 1.77 bits per heavy atom. The molecule has 0 saturated heterocycles. The maximum atomic E-state index is 5.87. The third kappa shape index (κ3) is 2.76. The SMILES string of the molecule is CN=CNc1cc(Cl)c(Cl)cc1Cl. The Balaban J connectivity index is 3.01. The predicted molar refractivity (Wildman–Crippen MR) is 59.5 cm³/mol. The number of rotatable bonds is 2. The van der Waals surface area contributed by atoms with Gasteiger partial charge in [0.15, 0.2) is 0 Å². The lowest BCUT2D eigenvalue weighted by Crippen LogP contribution is -1.95. The van der Waals surface area contributed by atoms with Crippen molar-refractivity contribution in [2.75, 3.05) is 12.4 Å². The van der Waals surface area contributed by atoms with Crippen molar-refractivity contribution in [3.05, 3.63) is 27.2 Å². The van der Waals surface area contributed by atoms with E-state index in [0.29, 0.717) is 20.8 Å². The zero-order valence-electron chi connectivity index (χ0n) is 6.81. The van der Waals surface area contributed by atoms with Gasteiger partial charge in [0.05, 0.1) is 27.1 Å². The van der Waals surface area contributed by atoms with Gasteiger partial charge in [0.2, 0.25) is 0 Å². The van der Waals surface area contributed by atoms with Crippen LogP contribution in [-0.4, -0.2) is 13.4 Å². The summed E-state index contributed by atoms with van der Waals surface area (Å²) < 4.78 is 0. The van der Waals surface area contributed by atoms with Gasteiger partial charge in [-0.05, 0) is 12.1 Å². The Kier molecular flexibility index (Phi) is 3.85. The topological polar surface area (TPSA) is 24.4 Å². The summed E-state index contributed by atoms with van der Waals surface area (Å²) in [4.78, 5) is 3.75. The zero-order valence-corrected chi connectivity index (χ0v) is 9.08. The zero-order chi connectivity index (χ0) is 9.84. The van der Waals surface area contributed by atoms with Gasteiger partial charge in [-0.2, -0.15) is 0 Å². The highest BCUT2D eigenvalue weighted by Crippen LogP contribution is 2.31. The first-order chi connectivity index (χ1) is 6.15. The molecule has 1 aromatic carbocycles. The molecule has 5 heteroatoms. The number of halogens is 3. The average Bonchev–Trinajstić information content (AvgIpc) is 2.09. The largest absolute Gasteiger partial charge is 0.345 e. The van der Waals surface area contributed by atoms with Gasteiger partial charge in [0.25, 0.3) is 0 Å². The summed E-state index contributed by atoms with van der Waals surface area (Å²) >= 11 is 17.4. The van der Waals surface area contributed by atoms with Crippen LogP contribution in [0.1, 0.15) is 0 Å². The molecule has 0 aliphatic heterocycles. The second-order valence-corrected chi connectivity index (χ2v) is 3.50. The standard InChI is InChI=1S/C8H7Cl3N2/c1-12-4-13-8-3-6(10)5(9)2-7(8)11/h2-4H,1H3,(H,12,13). The smallest absolute Gasteiger partial charge is 0.0864 e. The van der Waals surface area contributed by atoms with Crippen LogP contribution in [0.3, 0.4) is 0 Å². The van der Waals surface area contributed by atoms with E-state index in [4.69, 9.17) is 34.8 Å². The Hall–Kier alpha value is -0.440. The highest BCUT2D eigenvalue weighted by molar-refractivity contribution is 6.44. The van der Waals surface area contributed by atoms with Crippen LogP contribution in [0.4, 0.5) is 5.69 Å². The van der Waals surface area contributed by atoms with Gasteiger partial charge < -0.3 is 5.32 Å². The molecule has 0 amide bonds. The maximum absolute atomic E-state index is 5.87. The monoisotopic (exact) mass is 236 g/mol. The highest BCUT2D eigenvalue weighted by atomic mass is 35.5. The fourth-order valence-corrected chi connectivity index (χ4v) is 1.37. The van der Waals surface area contributed by atoms with Crippen LogP contribution in [0.2, 0.25) is 15.1 Å². The van der Waals surface area contributed by atoms with Gasteiger partial charge in [-0.25, -0.2) is 0 Å². The second-order valence-electron chi connectivity index (χ2n) is 2.28. The van der Waals surface area contributed by atoms with Crippen molar-refractivity contribution < 1.29 is 0 Å². The quantitative estimate of drug-likeness (QED) is 0.473. The van der Waals surface area contributed by atoms with Gasteiger partial charge in [0, 0.05) is 7.05 Å². The Morgan fingerprint density at radius 1 is 1.15 bits per heavy atom. The molecular weight excluding hydrogens is 230 g/mol. The molecule has 0 aliphatic rings. The van der Waals surface area contributed by atoms with E-state index in [-0.39, 0.29) is 0 Å². The third-order valence-corrected chi connectivity index (χ3v) is 2.39. The first kappa shape index (κ1) is 10.6. The number of nitrogens with zero attached hydrogens (tertiary/aromatic N) is 1. The van der Waals surface area contributed by atoms with Gasteiger partial charge >= 0.3 is 0 Å². The van der Waals surface area contributed by atoms with E-state index < -0.39 is 0 Å². The van der Waals surface area contributed by atoms with E-state index in [2.05, 4.69) is 10.3 Å².